The number of nitrogens with one attached hydrogen (secondary N) is 2. The fraction of sp³-hybridized carbons (Fsp3) is 0.381. The highest BCUT2D eigenvalue weighted by atomic mass is 127. The molecule has 29 heavy (non-hydrogen) atoms. The van der Waals surface area contributed by atoms with Crippen LogP contribution in [0.1, 0.15) is 19.4 Å². The Morgan fingerprint density at radius 1 is 1.07 bits per heavy atom. The first-order valence-electron chi connectivity index (χ1n) is 9.44. The SMILES string of the molecule is CCNC(=NCC(C)Oc1ccccc1C)NCCS(=O)(=O)c1ccccc1.I. The molecule has 2 N–H and O–H groups in total. The van der Waals surface area contributed by atoms with Gasteiger partial charge in [-0.15, -0.1) is 24.0 Å². The maximum absolute atomic E-state index is 12.4. The van der Waals surface area contributed by atoms with E-state index in [1.54, 1.807) is 30.3 Å². The number of aryl methyl sites for hydroxylation is 1. The summed E-state index contributed by atoms with van der Waals surface area (Å²) < 4.78 is 30.6. The van der Waals surface area contributed by atoms with Gasteiger partial charge in [-0.05, 0) is 44.5 Å². The van der Waals surface area contributed by atoms with Gasteiger partial charge in [0.2, 0.25) is 0 Å². The first kappa shape index (κ1) is 25.2. The van der Waals surface area contributed by atoms with Gasteiger partial charge in [0, 0.05) is 13.1 Å². The average Bonchev–Trinajstić information content (AvgIpc) is 2.68. The molecule has 0 aliphatic heterocycles. The normalized spacial score (nSPS) is 12.6. The molecule has 0 aliphatic carbocycles. The zero-order valence-corrected chi connectivity index (χ0v) is 20.2. The second-order valence-electron chi connectivity index (χ2n) is 6.47. The number of ether oxygens (including phenoxy) is 1. The first-order chi connectivity index (χ1) is 13.4. The van der Waals surface area contributed by atoms with Gasteiger partial charge in [0.05, 0.1) is 17.2 Å². The maximum atomic E-state index is 12.4. The number of hydrogen-bond acceptors (Lipinski definition) is 4. The van der Waals surface area contributed by atoms with Crippen LogP contribution < -0.4 is 15.4 Å². The van der Waals surface area contributed by atoms with Crippen LogP contribution in [0.4, 0.5) is 0 Å². The van der Waals surface area contributed by atoms with Crippen LogP contribution in [0.25, 0.3) is 0 Å². The van der Waals surface area contributed by atoms with Gasteiger partial charge in [0.25, 0.3) is 0 Å². The largest absolute Gasteiger partial charge is 0.489 e. The number of guanidine groups is 1. The van der Waals surface area contributed by atoms with Crippen molar-refractivity contribution in [1.82, 2.24) is 10.6 Å². The van der Waals surface area contributed by atoms with Gasteiger partial charge >= 0.3 is 0 Å². The summed E-state index contributed by atoms with van der Waals surface area (Å²) in [6.07, 6.45) is -0.107. The fourth-order valence-electron chi connectivity index (χ4n) is 2.55. The lowest BCUT2D eigenvalue weighted by Crippen LogP contribution is -2.40. The van der Waals surface area contributed by atoms with E-state index in [0.717, 1.165) is 11.3 Å². The van der Waals surface area contributed by atoms with E-state index in [1.165, 1.54) is 0 Å². The van der Waals surface area contributed by atoms with Crippen LogP contribution in [0.2, 0.25) is 0 Å². The first-order valence-corrected chi connectivity index (χ1v) is 11.1. The van der Waals surface area contributed by atoms with E-state index >= 15 is 0 Å². The molecule has 2 aromatic rings. The molecule has 6 nitrogen and oxygen atoms in total. The molecule has 0 aliphatic rings. The Kier molecular flexibility index (Phi) is 11.0. The lowest BCUT2D eigenvalue weighted by Gasteiger charge is -2.16. The summed E-state index contributed by atoms with van der Waals surface area (Å²) in [5.41, 5.74) is 1.08. The maximum Gasteiger partial charge on any atom is 0.191 e. The Balaban J connectivity index is 0.00000420. The van der Waals surface area contributed by atoms with Gasteiger partial charge in [-0.25, -0.2) is 13.4 Å². The van der Waals surface area contributed by atoms with E-state index < -0.39 is 9.84 Å². The van der Waals surface area contributed by atoms with Crippen molar-refractivity contribution in [3.8, 4) is 5.75 Å². The van der Waals surface area contributed by atoms with Crippen LogP contribution in [0, 0.1) is 6.92 Å². The van der Waals surface area contributed by atoms with Crippen molar-refractivity contribution in [3.05, 3.63) is 60.2 Å². The number of sulfone groups is 1. The second-order valence-corrected chi connectivity index (χ2v) is 8.58. The van der Waals surface area contributed by atoms with E-state index in [0.29, 0.717) is 23.9 Å². The van der Waals surface area contributed by atoms with Gasteiger partial charge in [0.15, 0.2) is 15.8 Å². The zero-order valence-electron chi connectivity index (χ0n) is 17.1. The van der Waals surface area contributed by atoms with E-state index in [9.17, 15) is 8.42 Å². The summed E-state index contributed by atoms with van der Waals surface area (Å²) in [7, 11) is -3.32. The number of hydrogen-bond donors (Lipinski definition) is 2. The molecule has 0 fully saturated rings. The van der Waals surface area contributed by atoms with Crippen LogP contribution in [-0.2, 0) is 9.84 Å². The molecule has 0 radical (unpaired) electrons. The van der Waals surface area contributed by atoms with Gasteiger partial charge in [0.1, 0.15) is 11.9 Å². The molecule has 0 bridgehead atoms. The molecule has 1 atom stereocenters. The van der Waals surface area contributed by atoms with E-state index in [4.69, 9.17) is 4.74 Å². The summed E-state index contributed by atoms with van der Waals surface area (Å²) in [6.45, 7) is 7.34. The topological polar surface area (TPSA) is 79.8 Å². The quantitative estimate of drug-likeness (QED) is 0.295. The standard InChI is InChI=1S/C21H29N3O3S.HI/c1-4-22-21(23-14-15-28(25,26)19-11-6-5-7-12-19)24-16-18(3)27-20-13-9-8-10-17(20)2;/h5-13,18H,4,14-16H2,1-3H3,(H2,22,23,24);1H. The van der Waals surface area contributed by atoms with Crippen molar-refractivity contribution < 1.29 is 13.2 Å². The minimum Gasteiger partial charge on any atom is -0.489 e. The molecule has 0 saturated carbocycles. The van der Waals surface area contributed by atoms with Gasteiger partial charge in [-0.3, -0.25) is 0 Å². The minimum atomic E-state index is -3.32. The fourth-order valence-corrected chi connectivity index (χ4v) is 3.73. The van der Waals surface area contributed by atoms with Crippen molar-refractivity contribution in [2.24, 2.45) is 4.99 Å². The van der Waals surface area contributed by atoms with E-state index in [2.05, 4.69) is 15.6 Å². The van der Waals surface area contributed by atoms with Gasteiger partial charge < -0.3 is 15.4 Å². The van der Waals surface area contributed by atoms with Crippen molar-refractivity contribution in [2.75, 3.05) is 25.4 Å². The molecule has 2 rings (SSSR count). The smallest absolute Gasteiger partial charge is 0.191 e. The summed E-state index contributed by atoms with van der Waals surface area (Å²) >= 11 is 0. The number of para-hydroxylation sites is 1. The predicted molar refractivity (Wildman–Crippen MR) is 129 cm³/mol. The minimum absolute atomic E-state index is 0. The molecule has 0 heterocycles. The molecule has 1 unspecified atom stereocenters. The van der Waals surface area contributed by atoms with E-state index in [-0.39, 0.29) is 42.4 Å². The number of benzene rings is 2. The highest BCUT2D eigenvalue weighted by Crippen LogP contribution is 2.17. The Hall–Kier alpha value is -1.81. The Morgan fingerprint density at radius 3 is 2.38 bits per heavy atom. The van der Waals surface area contributed by atoms with Crippen molar-refractivity contribution in [1.29, 1.82) is 0 Å². The molecule has 0 aromatic heterocycles. The van der Waals surface area contributed by atoms with Crippen molar-refractivity contribution in [3.63, 3.8) is 0 Å². The van der Waals surface area contributed by atoms with Gasteiger partial charge in [-0.2, -0.15) is 0 Å². The Morgan fingerprint density at radius 2 is 1.72 bits per heavy atom. The highest BCUT2D eigenvalue weighted by Gasteiger charge is 2.13. The molecule has 8 heteroatoms. The summed E-state index contributed by atoms with van der Waals surface area (Å²) in [4.78, 5) is 4.84. The molecule has 2 aromatic carbocycles. The molecule has 0 amide bonds. The predicted octanol–water partition coefficient (Wildman–Crippen LogP) is 3.41. The molecule has 0 saturated heterocycles. The third kappa shape index (κ3) is 8.61. The summed E-state index contributed by atoms with van der Waals surface area (Å²) in [6, 6.07) is 16.3. The highest BCUT2D eigenvalue weighted by molar-refractivity contribution is 14.0. The Bertz CT molecular complexity index is 874. The molecule has 0 spiro atoms. The van der Waals surface area contributed by atoms with Crippen molar-refractivity contribution >= 4 is 39.8 Å². The second kappa shape index (κ2) is 12.7. The molecular weight excluding hydrogens is 501 g/mol. The van der Waals surface area contributed by atoms with Crippen molar-refractivity contribution in [2.45, 2.75) is 31.8 Å². The van der Waals surface area contributed by atoms with Crippen LogP contribution >= 0.6 is 24.0 Å². The number of halogens is 1. The van der Waals surface area contributed by atoms with Crippen LogP contribution in [0.5, 0.6) is 5.75 Å². The molecule has 160 valence electrons. The van der Waals surface area contributed by atoms with Crippen LogP contribution in [-0.4, -0.2) is 45.9 Å². The third-order valence-electron chi connectivity index (χ3n) is 4.04. The lowest BCUT2D eigenvalue weighted by atomic mass is 10.2. The summed E-state index contributed by atoms with van der Waals surface area (Å²) in [5.74, 6) is 1.42. The van der Waals surface area contributed by atoms with Crippen LogP contribution in [0.15, 0.2) is 64.5 Å². The number of rotatable bonds is 9. The number of aliphatic imine (C=N–C) groups is 1. The van der Waals surface area contributed by atoms with Gasteiger partial charge in [-0.1, -0.05) is 36.4 Å². The monoisotopic (exact) mass is 531 g/mol. The zero-order chi connectivity index (χ0) is 20.4. The number of nitrogens with zero attached hydrogens (tertiary/aromatic N) is 1. The third-order valence-corrected chi connectivity index (χ3v) is 5.77. The van der Waals surface area contributed by atoms with Crippen LogP contribution in [0.3, 0.4) is 0 Å². The van der Waals surface area contributed by atoms with E-state index in [1.807, 2.05) is 45.0 Å². The average molecular weight is 531 g/mol. The summed E-state index contributed by atoms with van der Waals surface area (Å²) in [5, 5.41) is 6.21. The Labute approximate surface area is 191 Å². The lowest BCUT2D eigenvalue weighted by molar-refractivity contribution is 0.228. The molecular formula is C21H30IN3O3S.